The van der Waals surface area contributed by atoms with E-state index in [-0.39, 0.29) is 11.5 Å². The second-order valence-electron chi connectivity index (χ2n) is 7.65. The molecule has 0 atom stereocenters. The third-order valence-electron chi connectivity index (χ3n) is 5.85. The van der Waals surface area contributed by atoms with Gasteiger partial charge in [-0.25, -0.2) is 0 Å². The van der Waals surface area contributed by atoms with Gasteiger partial charge in [0.15, 0.2) is 0 Å². The van der Waals surface area contributed by atoms with Crippen LogP contribution in [0.3, 0.4) is 0 Å². The molecule has 1 saturated heterocycles. The van der Waals surface area contributed by atoms with E-state index in [4.69, 9.17) is 4.74 Å². The summed E-state index contributed by atoms with van der Waals surface area (Å²) in [5.41, 5.74) is 1.82. The highest BCUT2D eigenvalue weighted by Gasteiger charge is 2.40. The van der Waals surface area contributed by atoms with Crippen LogP contribution >= 0.6 is 0 Å². The number of amides is 1. The van der Waals surface area contributed by atoms with E-state index in [1.807, 2.05) is 35.2 Å². The highest BCUT2D eigenvalue weighted by Crippen LogP contribution is 2.40. The molecule has 4 nitrogen and oxygen atoms in total. The molecule has 0 bridgehead atoms. The molecule has 1 spiro atoms. The molecular weight excluding hydrogens is 336 g/mol. The SMILES string of the molecule is CCCN1CCC2(CCN(C(=O)c3ccccc3)CC2)Oc2ccccc21. The lowest BCUT2D eigenvalue weighted by Gasteiger charge is -2.41. The van der Waals surface area contributed by atoms with Crippen LogP contribution in [0.25, 0.3) is 0 Å². The van der Waals surface area contributed by atoms with E-state index < -0.39 is 0 Å². The van der Waals surface area contributed by atoms with Gasteiger partial charge in [-0.3, -0.25) is 4.79 Å². The molecule has 2 aliphatic rings. The van der Waals surface area contributed by atoms with Gasteiger partial charge in [0.2, 0.25) is 0 Å². The molecule has 27 heavy (non-hydrogen) atoms. The molecule has 2 aliphatic heterocycles. The minimum Gasteiger partial charge on any atom is -0.485 e. The number of hydrogen-bond donors (Lipinski definition) is 0. The van der Waals surface area contributed by atoms with E-state index in [2.05, 4.69) is 36.1 Å². The highest BCUT2D eigenvalue weighted by molar-refractivity contribution is 5.94. The van der Waals surface area contributed by atoms with Crippen molar-refractivity contribution in [3.63, 3.8) is 0 Å². The van der Waals surface area contributed by atoms with Gasteiger partial charge in [-0.1, -0.05) is 37.3 Å². The Kier molecular flexibility index (Phi) is 5.06. The van der Waals surface area contributed by atoms with E-state index in [9.17, 15) is 4.79 Å². The van der Waals surface area contributed by atoms with Crippen molar-refractivity contribution in [2.75, 3.05) is 31.1 Å². The summed E-state index contributed by atoms with van der Waals surface area (Å²) in [7, 11) is 0. The van der Waals surface area contributed by atoms with Crippen molar-refractivity contribution in [2.45, 2.75) is 38.2 Å². The van der Waals surface area contributed by atoms with Crippen molar-refractivity contribution in [1.29, 1.82) is 0 Å². The molecule has 1 fully saturated rings. The van der Waals surface area contributed by atoms with Crippen LogP contribution in [0, 0.1) is 0 Å². The fraction of sp³-hybridized carbons (Fsp3) is 0.435. The standard InChI is InChI=1S/C23H28N2O2/c1-2-15-24-16-12-23(27-21-11-7-6-10-20(21)24)13-17-25(18-14-23)22(26)19-8-4-3-5-9-19/h3-11H,2,12-18H2,1H3. The van der Waals surface area contributed by atoms with E-state index in [0.717, 1.165) is 63.2 Å². The molecule has 0 saturated carbocycles. The number of anilines is 1. The summed E-state index contributed by atoms with van der Waals surface area (Å²) in [6.45, 7) is 5.79. The number of nitrogens with zero attached hydrogens (tertiary/aromatic N) is 2. The van der Waals surface area contributed by atoms with Gasteiger partial charge in [-0.15, -0.1) is 0 Å². The van der Waals surface area contributed by atoms with E-state index in [0.29, 0.717) is 0 Å². The fourth-order valence-electron chi connectivity index (χ4n) is 4.28. The zero-order chi connectivity index (χ0) is 18.7. The van der Waals surface area contributed by atoms with E-state index in [1.165, 1.54) is 5.69 Å². The Morgan fingerprint density at radius 2 is 1.63 bits per heavy atom. The summed E-state index contributed by atoms with van der Waals surface area (Å²) < 4.78 is 6.62. The summed E-state index contributed by atoms with van der Waals surface area (Å²) in [4.78, 5) is 17.2. The quantitative estimate of drug-likeness (QED) is 0.811. The predicted octanol–water partition coefficient (Wildman–Crippen LogP) is 4.36. The van der Waals surface area contributed by atoms with Gasteiger partial charge in [0.1, 0.15) is 11.4 Å². The van der Waals surface area contributed by atoms with Crippen molar-refractivity contribution in [3.8, 4) is 5.75 Å². The summed E-state index contributed by atoms with van der Waals surface area (Å²) >= 11 is 0. The van der Waals surface area contributed by atoms with Gasteiger partial charge in [-0.2, -0.15) is 0 Å². The number of likely N-dealkylation sites (tertiary alicyclic amines) is 1. The molecule has 0 aliphatic carbocycles. The number of ether oxygens (including phenoxy) is 1. The van der Waals surface area contributed by atoms with Crippen LogP contribution in [0.2, 0.25) is 0 Å². The van der Waals surface area contributed by atoms with Gasteiger partial charge in [-0.05, 0) is 30.7 Å². The lowest BCUT2D eigenvalue weighted by molar-refractivity contribution is 0.00241. The molecule has 2 aromatic carbocycles. The smallest absolute Gasteiger partial charge is 0.253 e. The molecule has 4 rings (SSSR count). The maximum atomic E-state index is 12.8. The molecule has 2 heterocycles. The molecule has 0 radical (unpaired) electrons. The van der Waals surface area contributed by atoms with Crippen LogP contribution in [0.15, 0.2) is 54.6 Å². The van der Waals surface area contributed by atoms with Crippen molar-refractivity contribution in [2.24, 2.45) is 0 Å². The van der Waals surface area contributed by atoms with Crippen LogP contribution in [0.4, 0.5) is 5.69 Å². The number of piperidine rings is 1. The number of fused-ring (bicyclic) bond motifs is 1. The minimum atomic E-state index is -0.161. The second-order valence-corrected chi connectivity index (χ2v) is 7.65. The Morgan fingerprint density at radius 1 is 0.963 bits per heavy atom. The second kappa shape index (κ2) is 7.63. The highest BCUT2D eigenvalue weighted by atomic mass is 16.5. The number of hydrogen-bond acceptors (Lipinski definition) is 3. The molecule has 0 aromatic heterocycles. The minimum absolute atomic E-state index is 0.132. The molecule has 142 valence electrons. The van der Waals surface area contributed by atoms with Crippen LogP contribution in [-0.2, 0) is 0 Å². The topological polar surface area (TPSA) is 32.8 Å². The van der Waals surface area contributed by atoms with Crippen molar-refractivity contribution >= 4 is 11.6 Å². The molecule has 4 heteroatoms. The average Bonchev–Trinajstić information content (AvgIpc) is 2.86. The lowest BCUT2D eigenvalue weighted by Crippen LogP contribution is -2.50. The third-order valence-corrected chi connectivity index (χ3v) is 5.85. The van der Waals surface area contributed by atoms with Crippen molar-refractivity contribution in [1.82, 2.24) is 4.90 Å². The third kappa shape index (κ3) is 3.66. The largest absolute Gasteiger partial charge is 0.485 e. The maximum absolute atomic E-state index is 12.8. The van der Waals surface area contributed by atoms with Crippen LogP contribution < -0.4 is 9.64 Å². The van der Waals surface area contributed by atoms with Gasteiger partial charge >= 0.3 is 0 Å². The Hall–Kier alpha value is -2.49. The molecular formula is C23H28N2O2. The zero-order valence-electron chi connectivity index (χ0n) is 16.1. The number of benzene rings is 2. The van der Waals surface area contributed by atoms with Crippen LogP contribution in [0.5, 0.6) is 5.75 Å². The molecule has 1 amide bonds. The first-order chi connectivity index (χ1) is 13.2. The van der Waals surface area contributed by atoms with Gasteiger partial charge < -0.3 is 14.5 Å². The predicted molar refractivity (Wildman–Crippen MR) is 109 cm³/mol. The first kappa shape index (κ1) is 17.9. The first-order valence-corrected chi connectivity index (χ1v) is 10.1. The number of rotatable bonds is 3. The van der Waals surface area contributed by atoms with Gasteiger partial charge in [0.05, 0.1) is 5.69 Å². The van der Waals surface area contributed by atoms with Crippen molar-refractivity contribution < 1.29 is 9.53 Å². The molecule has 0 N–H and O–H groups in total. The van der Waals surface area contributed by atoms with Crippen LogP contribution in [-0.4, -0.2) is 42.6 Å². The number of carbonyl (C=O) groups is 1. The fourth-order valence-corrected chi connectivity index (χ4v) is 4.28. The van der Waals surface area contributed by atoms with E-state index in [1.54, 1.807) is 0 Å². The number of carbonyl (C=O) groups excluding carboxylic acids is 1. The molecule has 0 unspecified atom stereocenters. The Bertz CT molecular complexity index is 782. The Morgan fingerprint density at radius 3 is 2.37 bits per heavy atom. The van der Waals surface area contributed by atoms with Crippen LogP contribution in [0.1, 0.15) is 43.0 Å². The first-order valence-electron chi connectivity index (χ1n) is 10.1. The Balaban J connectivity index is 1.49. The van der Waals surface area contributed by atoms with Gasteiger partial charge in [0, 0.05) is 51.0 Å². The zero-order valence-corrected chi connectivity index (χ0v) is 16.1. The maximum Gasteiger partial charge on any atom is 0.253 e. The van der Waals surface area contributed by atoms with E-state index >= 15 is 0 Å². The lowest BCUT2D eigenvalue weighted by atomic mass is 9.87. The number of para-hydroxylation sites is 2. The summed E-state index contributed by atoms with van der Waals surface area (Å²) in [5.74, 6) is 1.12. The molecule has 2 aromatic rings. The average molecular weight is 364 g/mol. The summed E-state index contributed by atoms with van der Waals surface area (Å²) in [6, 6.07) is 18.0. The Labute approximate surface area is 161 Å². The monoisotopic (exact) mass is 364 g/mol. The summed E-state index contributed by atoms with van der Waals surface area (Å²) in [5, 5.41) is 0. The van der Waals surface area contributed by atoms with Gasteiger partial charge in [0.25, 0.3) is 5.91 Å². The van der Waals surface area contributed by atoms with Crippen molar-refractivity contribution in [3.05, 3.63) is 60.2 Å². The normalized spacial score (nSPS) is 18.6. The summed E-state index contributed by atoms with van der Waals surface area (Å²) in [6.07, 6.45) is 3.91.